The van der Waals surface area contributed by atoms with Gasteiger partial charge in [-0.15, -0.1) is 11.8 Å². The third-order valence-corrected chi connectivity index (χ3v) is 10.3. The molecule has 2 aliphatic carbocycles. The molecule has 3 heterocycles. The van der Waals surface area contributed by atoms with Crippen molar-refractivity contribution in [1.82, 2.24) is 47.9 Å². The van der Waals surface area contributed by atoms with Gasteiger partial charge in [0.05, 0.1) is 12.1 Å². The lowest BCUT2D eigenvalue weighted by Gasteiger charge is -2.38. The summed E-state index contributed by atoms with van der Waals surface area (Å²) in [5, 5.41) is 32.8. The number of ether oxygens (including phenoxy) is 1. The zero-order chi connectivity index (χ0) is 32.3. The Balaban J connectivity index is 1.07. The number of fused-ring (bicyclic) bond motifs is 16. The van der Waals surface area contributed by atoms with Crippen LogP contribution in [0.4, 0.5) is 4.79 Å². The number of alkyl carbamates (subject to hydrolysis) is 1. The number of nitrogens with one attached hydrogen (secondary N) is 9. The lowest BCUT2D eigenvalue weighted by Crippen LogP contribution is -2.67. The summed E-state index contributed by atoms with van der Waals surface area (Å²) in [6.45, 7) is 15.4. The minimum atomic E-state index is -0.265. The van der Waals surface area contributed by atoms with E-state index in [1.165, 1.54) is 0 Å². The maximum absolute atomic E-state index is 12.1. The van der Waals surface area contributed by atoms with E-state index in [0.29, 0.717) is 36.0 Å². The third-order valence-electron chi connectivity index (χ3n) is 10.0. The highest BCUT2D eigenvalue weighted by atomic mass is 32.1. The Labute approximate surface area is 283 Å². The normalized spacial score (nSPS) is 30.9. The Hall–Kier alpha value is -1.72. The number of thiocarbonyl (C=S) groups is 1. The Morgan fingerprint density at radius 3 is 1.70 bits per heavy atom. The number of carbonyl (C=O) groups is 1. The fraction of sp³-hybridized carbons (Fsp3) is 0.882. The average Bonchev–Trinajstić information content (AvgIpc) is 3.68. The second kappa shape index (κ2) is 20.6. The van der Waals surface area contributed by atoms with Gasteiger partial charge >= 0.3 is 6.09 Å². The van der Waals surface area contributed by atoms with Crippen LogP contribution in [0, 0.1) is 35.0 Å². The van der Waals surface area contributed by atoms with E-state index in [9.17, 15) is 4.79 Å². The number of hydrogen-bond donors (Lipinski definition) is 9. The highest BCUT2D eigenvalue weighted by molar-refractivity contribution is 7.80. The molecule has 262 valence electrons. The minimum Gasteiger partial charge on any atom is -0.449 e. The van der Waals surface area contributed by atoms with Crippen molar-refractivity contribution in [2.75, 3.05) is 98.2 Å². The lowest BCUT2D eigenvalue weighted by atomic mass is 9.90. The van der Waals surface area contributed by atoms with Gasteiger partial charge in [-0.3, -0.25) is 0 Å². The molecule has 0 radical (unpaired) electrons. The van der Waals surface area contributed by atoms with Crippen LogP contribution in [0.2, 0.25) is 0 Å². The van der Waals surface area contributed by atoms with E-state index >= 15 is 0 Å². The van der Waals surface area contributed by atoms with Gasteiger partial charge in [-0.1, -0.05) is 26.2 Å². The molecule has 3 aliphatic heterocycles. The Morgan fingerprint density at radius 1 is 0.717 bits per heavy atom. The summed E-state index contributed by atoms with van der Waals surface area (Å²) >= 11 is 5.80. The Bertz CT molecular complexity index is 912. The van der Waals surface area contributed by atoms with Crippen LogP contribution < -0.4 is 47.9 Å². The molecule has 12 heteroatoms. The summed E-state index contributed by atoms with van der Waals surface area (Å²) in [7, 11) is 0. The largest absolute Gasteiger partial charge is 0.449 e. The topological polar surface area (TPSA) is 135 Å². The molecule has 46 heavy (non-hydrogen) atoms. The van der Waals surface area contributed by atoms with Crippen molar-refractivity contribution in [2.45, 2.75) is 70.3 Å². The quantitative estimate of drug-likeness (QED) is 0.0888. The molecule has 1 saturated carbocycles. The van der Waals surface area contributed by atoms with Crippen molar-refractivity contribution >= 4 is 23.4 Å². The molecule has 5 rings (SSSR count). The van der Waals surface area contributed by atoms with Crippen LogP contribution in [-0.4, -0.2) is 115 Å². The maximum atomic E-state index is 12.1. The lowest BCUT2D eigenvalue weighted by molar-refractivity contribution is 0.137. The van der Waals surface area contributed by atoms with E-state index in [0.717, 1.165) is 143 Å². The first-order chi connectivity index (χ1) is 22.5. The first-order valence-corrected chi connectivity index (χ1v) is 18.6. The zero-order valence-corrected chi connectivity index (χ0v) is 29.2. The molecule has 0 aromatic carbocycles. The van der Waals surface area contributed by atoms with Crippen LogP contribution in [0.25, 0.3) is 0 Å². The van der Waals surface area contributed by atoms with Crippen LogP contribution in [0.15, 0.2) is 0 Å². The van der Waals surface area contributed by atoms with Crippen LogP contribution in [-0.2, 0) is 4.74 Å². The number of hydrogen-bond acceptors (Lipinski definition) is 9. The average molecular weight is 662 g/mol. The highest BCUT2D eigenvalue weighted by Gasteiger charge is 2.49. The molecule has 1 amide bonds. The molecular weight excluding hydrogens is 599 g/mol. The first kappa shape index (κ1) is 37.1. The van der Waals surface area contributed by atoms with E-state index in [2.05, 4.69) is 66.6 Å². The summed E-state index contributed by atoms with van der Waals surface area (Å²) < 4.78 is 5.53. The van der Waals surface area contributed by atoms with Crippen LogP contribution >= 0.6 is 12.2 Å². The van der Waals surface area contributed by atoms with Gasteiger partial charge in [0.2, 0.25) is 0 Å². The molecule has 0 spiro atoms. The minimum absolute atomic E-state index is 0.175. The number of carbonyl (C=O) groups excluding carboxylic acids is 1. The van der Waals surface area contributed by atoms with E-state index in [4.69, 9.17) is 17.0 Å². The predicted molar refractivity (Wildman–Crippen MR) is 191 cm³/mol. The van der Waals surface area contributed by atoms with Gasteiger partial charge in [0.1, 0.15) is 0 Å². The van der Waals surface area contributed by atoms with E-state index in [1.807, 2.05) is 0 Å². The highest BCUT2D eigenvalue weighted by Crippen LogP contribution is 2.52. The molecule has 9 N–H and O–H groups in total. The molecule has 0 aromatic heterocycles. The van der Waals surface area contributed by atoms with E-state index in [-0.39, 0.29) is 17.0 Å². The van der Waals surface area contributed by atoms with E-state index < -0.39 is 0 Å². The second-order valence-corrected chi connectivity index (χ2v) is 14.7. The molecule has 0 aromatic rings. The van der Waals surface area contributed by atoms with E-state index in [1.54, 1.807) is 0 Å². The van der Waals surface area contributed by atoms with Gasteiger partial charge < -0.3 is 52.6 Å². The molecule has 11 nitrogen and oxygen atoms in total. The molecule has 3 saturated heterocycles. The fourth-order valence-electron chi connectivity index (χ4n) is 7.15. The Morgan fingerprint density at radius 2 is 1.17 bits per heavy atom. The monoisotopic (exact) mass is 661 g/mol. The van der Waals surface area contributed by atoms with Crippen LogP contribution in [0.5, 0.6) is 0 Å². The SMILES string of the molecule is CC12CNCCNCC(NC(=S)NCCCCCCCNC(=O)OCC3[C@H]4CCC#CCC[C@@H]34)(CNCCNC1)CNCCNC2. The number of unbranched alkanes of at least 4 members (excludes halogenated alkanes) is 4. The summed E-state index contributed by atoms with van der Waals surface area (Å²) in [5.74, 6) is 8.44. The predicted octanol–water partition coefficient (Wildman–Crippen LogP) is 0.877. The van der Waals surface area contributed by atoms with Gasteiger partial charge in [0.25, 0.3) is 0 Å². The van der Waals surface area contributed by atoms with Crippen molar-refractivity contribution < 1.29 is 9.53 Å². The van der Waals surface area contributed by atoms with Crippen molar-refractivity contribution in [3.63, 3.8) is 0 Å². The van der Waals surface area contributed by atoms with Gasteiger partial charge in [0, 0.05) is 110 Å². The van der Waals surface area contributed by atoms with Gasteiger partial charge in [-0.05, 0) is 55.7 Å². The van der Waals surface area contributed by atoms with Crippen LogP contribution in [0.1, 0.15) is 64.7 Å². The van der Waals surface area contributed by atoms with Crippen LogP contribution in [0.3, 0.4) is 0 Å². The van der Waals surface area contributed by atoms with Crippen molar-refractivity contribution in [2.24, 2.45) is 23.2 Å². The van der Waals surface area contributed by atoms with Crippen molar-refractivity contribution in [3.05, 3.63) is 0 Å². The molecule has 1 unspecified atom stereocenters. The summed E-state index contributed by atoms with van der Waals surface area (Å²) in [5.41, 5.74) is -0.0692. The number of rotatable bonds is 11. The molecular formula is C34H63N9O2S. The molecule has 3 atom stereocenters. The second-order valence-electron chi connectivity index (χ2n) is 14.2. The molecule has 2 bridgehead atoms. The zero-order valence-electron chi connectivity index (χ0n) is 28.4. The number of amides is 1. The maximum Gasteiger partial charge on any atom is 0.407 e. The Kier molecular flexibility index (Phi) is 16.6. The smallest absolute Gasteiger partial charge is 0.407 e. The summed E-state index contributed by atoms with van der Waals surface area (Å²) in [4.78, 5) is 12.1. The van der Waals surface area contributed by atoms with Crippen molar-refractivity contribution in [3.8, 4) is 11.8 Å². The van der Waals surface area contributed by atoms with Gasteiger partial charge in [0.15, 0.2) is 5.11 Å². The third kappa shape index (κ3) is 13.8. The fourth-order valence-corrected chi connectivity index (χ4v) is 7.47. The summed E-state index contributed by atoms with van der Waals surface area (Å²) in [6, 6.07) is 0. The molecule has 5 aliphatic rings. The van der Waals surface area contributed by atoms with Gasteiger partial charge in [-0.2, -0.15) is 0 Å². The van der Waals surface area contributed by atoms with Gasteiger partial charge in [-0.25, -0.2) is 4.79 Å². The molecule has 4 fully saturated rings. The van der Waals surface area contributed by atoms with Crippen molar-refractivity contribution in [1.29, 1.82) is 0 Å². The standard InChI is InChI=1S/C34H63N9O2S/c1-33-22-35-15-18-38-25-34(26-39-19-16-36-23-33,27-40-20-17-37-24-33)43-31(46)41-13-9-5-2-6-10-14-42-32(44)45-21-30-28-11-7-3-4-8-12-29(28)30/h28-30,35-40H,2,5-27H2,1H3,(H,42,44)(H2,41,43,46)/t28-,29+,30?,33?,34?. The summed E-state index contributed by atoms with van der Waals surface area (Å²) in [6.07, 6.45) is 9.45. The first-order valence-electron chi connectivity index (χ1n) is 18.2.